The Labute approximate surface area is 70.4 Å². The van der Waals surface area contributed by atoms with Gasteiger partial charge in [0.05, 0.1) is 11.8 Å². The molecule has 1 rings (SSSR count). The van der Waals surface area contributed by atoms with Gasteiger partial charge in [-0.1, -0.05) is 24.3 Å². The van der Waals surface area contributed by atoms with Crippen LogP contribution < -0.4 is 0 Å². The van der Waals surface area contributed by atoms with Gasteiger partial charge in [0.15, 0.2) is 0 Å². The highest BCUT2D eigenvalue weighted by Crippen LogP contribution is 2.40. The van der Waals surface area contributed by atoms with Crippen molar-refractivity contribution in [1.29, 1.82) is 0 Å². The number of allylic oxidation sites excluding steroid dienone is 2. The predicted octanol–water partition coefficient (Wildman–Crippen LogP) is 0.411. The highest BCUT2D eigenvalue weighted by Gasteiger charge is 2.32. The zero-order valence-electron chi connectivity index (χ0n) is 6.42. The SMILES string of the molecule is O=P(O)(O)CC1(O)C=CC=CC1. The lowest BCUT2D eigenvalue weighted by Crippen LogP contribution is -2.30. The Morgan fingerprint density at radius 3 is 2.50 bits per heavy atom. The van der Waals surface area contributed by atoms with Crippen LogP contribution in [0.15, 0.2) is 24.3 Å². The molecule has 12 heavy (non-hydrogen) atoms. The summed E-state index contributed by atoms with van der Waals surface area (Å²) >= 11 is 0. The van der Waals surface area contributed by atoms with E-state index >= 15 is 0 Å². The molecule has 0 aliphatic heterocycles. The monoisotopic (exact) mass is 190 g/mol. The fourth-order valence-electron chi connectivity index (χ4n) is 1.13. The molecule has 0 amide bonds. The van der Waals surface area contributed by atoms with Crippen LogP contribution >= 0.6 is 7.60 Å². The summed E-state index contributed by atoms with van der Waals surface area (Å²) in [4.78, 5) is 17.3. The van der Waals surface area contributed by atoms with Crippen molar-refractivity contribution in [2.45, 2.75) is 12.0 Å². The molecule has 1 aliphatic rings. The largest absolute Gasteiger partial charge is 0.385 e. The van der Waals surface area contributed by atoms with E-state index in [1.165, 1.54) is 6.08 Å². The lowest BCUT2D eigenvalue weighted by Gasteiger charge is -2.24. The Kier molecular flexibility index (Phi) is 2.54. The average Bonchev–Trinajstić information content (AvgIpc) is 1.83. The molecule has 0 aromatic rings. The van der Waals surface area contributed by atoms with E-state index in [1.54, 1.807) is 18.2 Å². The molecule has 0 radical (unpaired) electrons. The zero-order valence-corrected chi connectivity index (χ0v) is 7.32. The van der Waals surface area contributed by atoms with E-state index in [1.807, 2.05) is 0 Å². The smallest absolute Gasteiger partial charge is 0.328 e. The number of rotatable bonds is 2. The normalized spacial score (nSPS) is 29.2. The first kappa shape index (κ1) is 9.68. The summed E-state index contributed by atoms with van der Waals surface area (Å²) in [5.41, 5.74) is -1.37. The molecule has 3 N–H and O–H groups in total. The minimum Gasteiger partial charge on any atom is -0.385 e. The highest BCUT2D eigenvalue weighted by molar-refractivity contribution is 7.51. The molecule has 1 aliphatic carbocycles. The quantitative estimate of drug-likeness (QED) is 0.551. The minimum atomic E-state index is -4.13. The predicted molar refractivity (Wildman–Crippen MR) is 44.8 cm³/mol. The van der Waals surface area contributed by atoms with Crippen molar-refractivity contribution in [3.8, 4) is 0 Å². The third kappa shape index (κ3) is 2.91. The van der Waals surface area contributed by atoms with Crippen LogP contribution in [0.2, 0.25) is 0 Å². The third-order valence-electron chi connectivity index (χ3n) is 1.60. The fourth-order valence-corrected chi connectivity index (χ4v) is 2.08. The summed E-state index contributed by atoms with van der Waals surface area (Å²) < 4.78 is 10.6. The number of hydrogen-bond donors (Lipinski definition) is 3. The van der Waals surface area contributed by atoms with Crippen LogP contribution in [0.25, 0.3) is 0 Å². The van der Waals surface area contributed by atoms with Crippen LogP contribution in [0.3, 0.4) is 0 Å². The maximum Gasteiger partial charge on any atom is 0.328 e. The van der Waals surface area contributed by atoms with Gasteiger partial charge >= 0.3 is 7.60 Å². The average molecular weight is 190 g/mol. The molecule has 0 aromatic carbocycles. The van der Waals surface area contributed by atoms with E-state index in [2.05, 4.69) is 0 Å². The molecular formula is C7H11O4P. The second kappa shape index (κ2) is 3.15. The first-order valence-electron chi connectivity index (χ1n) is 3.53. The number of aliphatic hydroxyl groups is 1. The van der Waals surface area contributed by atoms with Crippen LogP contribution in [-0.4, -0.2) is 26.7 Å². The Morgan fingerprint density at radius 1 is 1.42 bits per heavy atom. The molecule has 0 heterocycles. The maximum absolute atomic E-state index is 10.6. The third-order valence-corrected chi connectivity index (χ3v) is 2.56. The molecule has 5 heteroatoms. The molecule has 0 fully saturated rings. The van der Waals surface area contributed by atoms with Gasteiger partial charge in [0.25, 0.3) is 0 Å². The molecule has 0 aromatic heterocycles. The van der Waals surface area contributed by atoms with Gasteiger partial charge in [-0.15, -0.1) is 0 Å². The van der Waals surface area contributed by atoms with Crippen LogP contribution in [0.5, 0.6) is 0 Å². The summed E-state index contributed by atoms with van der Waals surface area (Å²) in [5, 5.41) is 9.58. The Balaban J connectivity index is 2.68. The molecule has 0 saturated heterocycles. The summed E-state index contributed by atoms with van der Waals surface area (Å²) in [6.45, 7) is 0. The molecular weight excluding hydrogens is 179 g/mol. The molecule has 0 spiro atoms. The Morgan fingerprint density at radius 2 is 2.08 bits per heavy atom. The highest BCUT2D eigenvalue weighted by atomic mass is 31.2. The van der Waals surface area contributed by atoms with Gasteiger partial charge < -0.3 is 14.9 Å². The van der Waals surface area contributed by atoms with Gasteiger partial charge in [-0.25, -0.2) is 0 Å². The lowest BCUT2D eigenvalue weighted by atomic mass is 9.98. The van der Waals surface area contributed by atoms with Gasteiger partial charge in [-0.05, 0) is 6.42 Å². The second-order valence-corrected chi connectivity index (χ2v) is 4.56. The summed E-state index contributed by atoms with van der Waals surface area (Å²) in [7, 11) is -4.13. The lowest BCUT2D eigenvalue weighted by molar-refractivity contribution is 0.111. The van der Waals surface area contributed by atoms with Crippen molar-refractivity contribution >= 4 is 7.60 Å². The van der Waals surface area contributed by atoms with Crippen LogP contribution in [-0.2, 0) is 4.57 Å². The van der Waals surface area contributed by atoms with E-state index in [0.29, 0.717) is 0 Å². The summed E-state index contributed by atoms with van der Waals surface area (Å²) in [5.74, 6) is 0. The van der Waals surface area contributed by atoms with E-state index in [9.17, 15) is 9.67 Å². The van der Waals surface area contributed by atoms with Gasteiger partial charge in [-0.2, -0.15) is 0 Å². The molecule has 0 saturated carbocycles. The van der Waals surface area contributed by atoms with E-state index < -0.39 is 19.4 Å². The van der Waals surface area contributed by atoms with E-state index in [-0.39, 0.29) is 6.42 Å². The molecule has 0 bridgehead atoms. The van der Waals surface area contributed by atoms with Crippen molar-refractivity contribution in [3.05, 3.63) is 24.3 Å². The summed E-state index contributed by atoms with van der Waals surface area (Å²) in [6.07, 6.45) is 6.14. The zero-order chi connectivity index (χ0) is 9.24. The second-order valence-electron chi connectivity index (χ2n) is 2.92. The van der Waals surface area contributed by atoms with Crippen molar-refractivity contribution in [1.82, 2.24) is 0 Å². The first-order valence-corrected chi connectivity index (χ1v) is 5.32. The van der Waals surface area contributed by atoms with E-state index in [0.717, 1.165) is 0 Å². The van der Waals surface area contributed by atoms with Crippen LogP contribution in [0.1, 0.15) is 6.42 Å². The molecule has 68 valence electrons. The Hall–Kier alpha value is -0.410. The minimum absolute atomic E-state index is 0.259. The van der Waals surface area contributed by atoms with Crippen LogP contribution in [0.4, 0.5) is 0 Å². The van der Waals surface area contributed by atoms with Crippen molar-refractivity contribution < 1.29 is 19.5 Å². The maximum atomic E-state index is 10.6. The molecule has 1 atom stereocenters. The van der Waals surface area contributed by atoms with Gasteiger partial charge in [0.2, 0.25) is 0 Å². The van der Waals surface area contributed by atoms with Crippen molar-refractivity contribution in [3.63, 3.8) is 0 Å². The standard InChI is InChI=1S/C7H11O4P/c8-7(6-12(9,10)11)4-2-1-3-5-7/h1-4,8H,5-6H2,(H2,9,10,11). The topological polar surface area (TPSA) is 77.8 Å². The van der Waals surface area contributed by atoms with Gasteiger partial charge in [0.1, 0.15) is 0 Å². The van der Waals surface area contributed by atoms with Crippen LogP contribution in [0, 0.1) is 0 Å². The van der Waals surface area contributed by atoms with E-state index in [4.69, 9.17) is 9.79 Å². The summed E-state index contributed by atoms with van der Waals surface area (Å²) in [6, 6.07) is 0. The Bertz CT molecular complexity index is 265. The van der Waals surface area contributed by atoms with Gasteiger partial charge in [-0.3, -0.25) is 4.57 Å². The first-order chi connectivity index (χ1) is 5.41. The van der Waals surface area contributed by atoms with Crippen molar-refractivity contribution in [2.24, 2.45) is 0 Å². The molecule has 4 nitrogen and oxygen atoms in total. The number of hydrogen-bond acceptors (Lipinski definition) is 2. The van der Waals surface area contributed by atoms with Crippen molar-refractivity contribution in [2.75, 3.05) is 6.16 Å². The van der Waals surface area contributed by atoms with Gasteiger partial charge in [0, 0.05) is 0 Å². The molecule has 1 unspecified atom stereocenters. The fraction of sp³-hybridized carbons (Fsp3) is 0.429.